The highest BCUT2D eigenvalue weighted by molar-refractivity contribution is 6.85. The lowest BCUT2D eigenvalue weighted by molar-refractivity contribution is 1.52. The molecule has 0 spiro atoms. The van der Waals surface area contributed by atoms with Crippen LogP contribution in [-0.4, -0.2) is 8.07 Å². The van der Waals surface area contributed by atoms with Crippen molar-refractivity contribution in [2.75, 3.05) is 0 Å². The minimum absolute atomic E-state index is 1.06. The Morgan fingerprint density at radius 3 is 1.46 bits per heavy atom. The van der Waals surface area contributed by atoms with E-state index in [2.05, 4.69) is 104 Å². The number of benzene rings is 3. The molecule has 0 N–H and O–H groups in total. The van der Waals surface area contributed by atoms with Crippen molar-refractivity contribution in [2.24, 2.45) is 0 Å². The fraction of sp³-hybridized carbons (Fsp3) is 0.120. The van der Waals surface area contributed by atoms with Crippen LogP contribution in [-0.2, 0) is 0 Å². The van der Waals surface area contributed by atoms with Crippen molar-refractivity contribution in [3.05, 3.63) is 113 Å². The lowest BCUT2D eigenvalue weighted by Gasteiger charge is -2.22. The van der Waals surface area contributed by atoms with Gasteiger partial charge in [0.05, 0.1) is 8.07 Å². The Kier molecular flexibility index (Phi) is 5.56. The molecule has 0 heterocycles. The predicted molar refractivity (Wildman–Crippen MR) is 116 cm³/mol. The van der Waals surface area contributed by atoms with Gasteiger partial charge in [0.25, 0.3) is 0 Å². The smallest absolute Gasteiger partial charge is 0.0701 e. The molecular weight excluding hydrogens is 328 g/mol. The highest BCUT2D eigenvalue weighted by Crippen LogP contribution is 2.31. The van der Waals surface area contributed by atoms with Crippen molar-refractivity contribution in [1.29, 1.82) is 0 Å². The zero-order valence-electron chi connectivity index (χ0n) is 15.7. The Hall–Kier alpha value is -2.82. The monoisotopic (exact) mass is 352 g/mol. The molecule has 0 nitrogen and oxygen atoms in total. The topological polar surface area (TPSA) is 0 Å². The Morgan fingerprint density at radius 1 is 0.615 bits per heavy atom. The van der Waals surface area contributed by atoms with Crippen LogP contribution in [0.4, 0.5) is 0 Å². The third-order valence-corrected chi connectivity index (χ3v) is 6.11. The van der Waals surface area contributed by atoms with Crippen molar-refractivity contribution in [3.8, 4) is 11.8 Å². The quantitative estimate of drug-likeness (QED) is 0.377. The molecule has 3 aromatic rings. The van der Waals surface area contributed by atoms with Crippen LogP contribution < -0.4 is 0 Å². The molecule has 0 fully saturated rings. The molecule has 0 unspecified atom stereocenters. The molecule has 3 rings (SSSR count). The van der Waals surface area contributed by atoms with E-state index < -0.39 is 8.07 Å². The lowest BCUT2D eigenvalue weighted by atomic mass is 9.97. The van der Waals surface area contributed by atoms with E-state index in [1.807, 2.05) is 18.2 Å². The van der Waals surface area contributed by atoms with Gasteiger partial charge in [-0.3, -0.25) is 0 Å². The SMILES string of the molecule is C[Si](C)(C)C(C#Cc1ccccc1)=C(c1ccccc1)c1ccccc1. The lowest BCUT2D eigenvalue weighted by Crippen LogP contribution is -2.25. The molecule has 0 aliphatic heterocycles. The van der Waals surface area contributed by atoms with E-state index in [1.165, 1.54) is 21.9 Å². The zero-order chi connectivity index (χ0) is 18.4. The molecule has 0 aliphatic carbocycles. The molecule has 0 amide bonds. The summed E-state index contributed by atoms with van der Waals surface area (Å²) < 4.78 is 0. The second kappa shape index (κ2) is 8.04. The van der Waals surface area contributed by atoms with E-state index in [9.17, 15) is 0 Å². The van der Waals surface area contributed by atoms with Crippen LogP contribution in [0.1, 0.15) is 16.7 Å². The van der Waals surface area contributed by atoms with Gasteiger partial charge in [0.1, 0.15) is 0 Å². The second-order valence-corrected chi connectivity index (χ2v) is 12.3. The third kappa shape index (κ3) is 4.42. The largest absolute Gasteiger partial charge is 0.0892 e. The van der Waals surface area contributed by atoms with Crippen LogP contribution in [0.2, 0.25) is 19.6 Å². The van der Waals surface area contributed by atoms with Gasteiger partial charge in [0, 0.05) is 5.56 Å². The molecule has 0 saturated heterocycles. The zero-order valence-corrected chi connectivity index (χ0v) is 16.7. The summed E-state index contributed by atoms with van der Waals surface area (Å²) in [4.78, 5) is 0. The summed E-state index contributed by atoms with van der Waals surface area (Å²) in [7, 11) is -1.66. The molecule has 0 atom stereocenters. The first-order valence-corrected chi connectivity index (χ1v) is 12.5. The molecular formula is C25H24Si. The Labute approximate surface area is 158 Å². The first-order valence-electron chi connectivity index (χ1n) is 8.98. The average Bonchev–Trinajstić information content (AvgIpc) is 2.66. The maximum atomic E-state index is 3.56. The molecule has 0 aromatic heterocycles. The van der Waals surface area contributed by atoms with Crippen molar-refractivity contribution in [3.63, 3.8) is 0 Å². The van der Waals surface area contributed by atoms with E-state index in [4.69, 9.17) is 0 Å². The number of rotatable bonds is 3. The first-order chi connectivity index (χ1) is 12.6. The van der Waals surface area contributed by atoms with Crippen LogP contribution in [0.15, 0.2) is 96.2 Å². The van der Waals surface area contributed by atoms with E-state index in [1.54, 1.807) is 0 Å². The highest BCUT2D eigenvalue weighted by atomic mass is 28.3. The summed E-state index contributed by atoms with van der Waals surface area (Å²) in [6.07, 6.45) is 0. The van der Waals surface area contributed by atoms with Gasteiger partial charge in [-0.15, -0.1) is 0 Å². The third-order valence-electron chi connectivity index (χ3n) is 4.23. The summed E-state index contributed by atoms with van der Waals surface area (Å²) in [5.74, 6) is 6.96. The van der Waals surface area contributed by atoms with Crippen molar-refractivity contribution >= 4 is 13.6 Å². The number of allylic oxidation sites excluding steroid dienone is 1. The van der Waals surface area contributed by atoms with Crippen molar-refractivity contribution < 1.29 is 0 Å². The average molecular weight is 353 g/mol. The van der Waals surface area contributed by atoms with Crippen LogP contribution in [0.5, 0.6) is 0 Å². The van der Waals surface area contributed by atoms with Crippen LogP contribution in [0.25, 0.3) is 5.57 Å². The Morgan fingerprint density at radius 2 is 1.04 bits per heavy atom. The molecule has 1 heteroatoms. The Bertz CT molecular complexity index is 894. The summed E-state index contributed by atoms with van der Waals surface area (Å²) in [5.41, 5.74) is 4.80. The standard InChI is InChI=1S/C25H24Si/c1-26(2,3)24(20-19-21-13-7-4-8-14-21)25(22-15-9-5-10-16-22)23-17-11-6-12-18-23/h4-18H,1-3H3. The van der Waals surface area contributed by atoms with Crippen LogP contribution in [0.3, 0.4) is 0 Å². The molecule has 26 heavy (non-hydrogen) atoms. The van der Waals surface area contributed by atoms with Crippen molar-refractivity contribution in [1.82, 2.24) is 0 Å². The summed E-state index contributed by atoms with van der Waals surface area (Å²) in [6, 6.07) is 31.5. The second-order valence-electron chi connectivity index (χ2n) is 7.35. The van der Waals surface area contributed by atoms with Crippen LogP contribution in [0, 0.1) is 11.8 Å². The predicted octanol–water partition coefficient (Wildman–Crippen LogP) is 6.42. The van der Waals surface area contributed by atoms with Crippen molar-refractivity contribution in [2.45, 2.75) is 19.6 Å². The van der Waals surface area contributed by atoms with Crippen LogP contribution >= 0.6 is 0 Å². The molecule has 128 valence electrons. The molecule has 0 aliphatic rings. The van der Waals surface area contributed by atoms with Gasteiger partial charge in [0.15, 0.2) is 0 Å². The van der Waals surface area contributed by atoms with Gasteiger partial charge < -0.3 is 0 Å². The highest BCUT2D eigenvalue weighted by Gasteiger charge is 2.23. The fourth-order valence-electron chi connectivity index (χ4n) is 2.95. The summed E-state index contributed by atoms with van der Waals surface area (Å²) in [6.45, 7) is 7.11. The molecule has 0 bridgehead atoms. The summed E-state index contributed by atoms with van der Waals surface area (Å²) in [5, 5.41) is 1.29. The Balaban J connectivity index is 2.26. The maximum Gasteiger partial charge on any atom is 0.0892 e. The van der Waals surface area contributed by atoms with E-state index in [-0.39, 0.29) is 0 Å². The van der Waals surface area contributed by atoms with Gasteiger partial charge in [-0.2, -0.15) is 0 Å². The minimum atomic E-state index is -1.66. The van der Waals surface area contributed by atoms with E-state index in [0.29, 0.717) is 0 Å². The normalized spacial score (nSPS) is 10.6. The molecule has 3 aromatic carbocycles. The summed E-state index contributed by atoms with van der Waals surface area (Å²) >= 11 is 0. The fourth-order valence-corrected chi connectivity index (χ4v) is 4.42. The van der Waals surface area contributed by atoms with E-state index >= 15 is 0 Å². The minimum Gasteiger partial charge on any atom is -0.0701 e. The van der Waals surface area contributed by atoms with Gasteiger partial charge in [-0.25, -0.2) is 0 Å². The van der Waals surface area contributed by atoms with Gasteiger partial charge in [0.2, 0.25) is 0 Å². The van der Waals surface area contributed by atoms with Gasteiger partial charge >= 0.3 is 0 Å². The number of hydrogen-bond donors (Lipinski definition) is 0. The van der Waals surface area contributed by atoms with E-state index in [0.717, 1.165) is 5.56 Å². The maximum absolute atomic E-state index is 3.56. The molecule has 0 saturated carbocycles. The molecule has 0 radical (unpaired) electrons. The van der Waals surface area contributed by atoms with Gasteiger partial charge in [-0.1, -0.05) is 110 Å². The first kappa shape index (κ1) is 18.0. The van der Waals surface area contributed by atoms with Gasteiger partial charge in [-0.05, 0) is 34.0 Å². The number of hydrogen-bond acceptors (Lipinski definition) is 0.